The highest BCUT2D eigenvalue weighted by Crippen LogP contribution is 2.14. The van der Waals surface area contributed by atoms with Crippen molar-refractivity contribution in [3.63, 3.8) is 0 Å². The third-order valence-corrected chi connectivity index (χ3v) is 3.66. The van der Waals surface area contributed by atoms with Crippen LogP contribution in [0.3, 0.4) is 0 Å². The van der Waals surface area contributed by atoms with Crippen LogP contribution in [-0.2, 0) is 24.8 Å². The summed E-state index contributed by atoms with van der Waals surface area (Å²) in [4.78, 5) is 4.25. The molecule has 0 aliphatic heterocycles. The normalized spacial score (nSPS) is 11.2. The lowest BCUT2D eigenvalue weighted by molar-refractivity contribution is 0.199. The van der Waals surface area contributed by atoms with Gasteiger partial charge in [0.15, 0.2) is 0 Å². The first-order valence-corrected chi connectivity index (χ1v) is 7.19. The number of aromatic nitrogens is 5. The number of aryl methyl sites for hydroxylation is 2. The lowest BCUT2D eigenvalue weighted by atomic mass is 10.1. The molecule has 2 rings (SSSR count). The zero-order valence-corrected chi connectivity index (χ0v) is 13.3. The van der Waals surface area contributed by atoms with Crippen LogP contribution in [0, 0.1) is 13.8 Å². The Kier molecular flexibility index (Phi) is 5.46. The summed E-state index contributed by atoms with van der Waals surface area (Å²) < 4.78 is 8.81. The van der Waals surface area contributed by atoms with Gasteiger partial charge >= 0.3 is 0 Å². The van der Waals surface area contributed by atoms with Gasteiger partial charge < -0.3 is 10.1 Å². The largest absolute Gasteiger partial charge is 0.383 e. The molecular formula is C14H24N6O. The van der Waals surface area contributed by atoms with Crippen molar-refractivity contribution in [2.24, 2.45) is 7.05 Å². The van der Waals surface area contributed by atoms with Gasteiger partial charge in [0.2, 0.25) is 0 Å². The van der Waals surface area contributed by atoms with Gasteiger partial charge in [0, 0.05) is 26.4 Å². The Balaban J connectivity index is 1.98. The number of hydrogen-bond donors (Lipinski definition) is 1. The van der Waals surface area contributed by atoms with Gasteiger partial charge in [0.25, 0.3) is 0 Å². The molecule has 2 aromatic rings. The molecule has 0 spiro atoms. The molecule has 21 heavy (non-hydrogen) atoms. The Labute approximate surface area is 125 Å². The summed E-state index contributed by atoms with van der Waals surface area (Å²) in [5.41, 5.74) is 3.59. The minimum atomic E-state index is 0.653. The monoisotopic (exact) mass is 292 g/mol. The van der Waals surface area contributed by atoms with Crippen LogP contribution in [0.1, 0.15) is 22.8 Å². The van der Waals surface area contributed by atoms with Crippen LogP contribution in [0.2, 0.25) is 0 Å². The lowest BCUT2D eigenvalue weighted by Gasteiger charge is -2.06. The lowest BCUT2D eigenvalue weighted by Crippen LogP contribution is -2.22. The minimum absolute atomic E-state index is 0.653. The topological polar surface area (TPSA) is 69.8 Å². The molecule has 0 amide bonds. The quantitative estimate of drug-likeness (QED) is 0.716. The maximum Gasteiger partial charge on any atom is 0.148 e. The summed E-state index contributed by atoms with van der Waals surface area (Å²) in [6.45, 7) is 7.37. The molecule has 0 atom stereocenters. The van der Waals surface area contributed by atoms with Crippen LogP contribution in [0.4, 0.5) is 0 Å². The Bertz CT molecular complexity index is 574. The Morgan fingerprint density at radius 1 is 1.29 bits per heavy atom. The number of hydrogen-bond acceptors (Lipinski definition) is 5. The van der Waals surface area contributed by atoms with E-state index in [0.29, 0.717) is 6.54 Å². The highest BCUT2D eigenvalue weighted by atomic mass is 16.5. The average Bonchev–Trinajstić information content (AvgIpc) is 2.97. The molecule has 0 unspecified atom stereocenters. The van der Waals surface area contributed by atoms with Gasteiger partial charge in [-0.1, -0.05) is 0 Å². The predicted octanol–water partition coefficient (Wildman–Crippen LogP) is 0.455. The molecule has 2 heterocycles. The summed E-state index contributed by atoms with van der Waals surface area (Å²) in [7, 11) is 3.61. The van der Waals surface area contributed by atoms with Gasteiger partial charge in [0.05, 0.1) is 12.3 Å². The summed E-state index contributed by atoms with van der Waals surface area (Å²) in [6.07, 6.45) is 2.54. The smallest absolute Gasteiger partial charge is 0.148 e. The van der Waals surface area contributed by atoms with Crippen molar-refractivity contribution in [3.05, 3.63) is 29.1 Å². The van der Waals surface area contributed by atoms with Crippen molar-refractivity contribution in [2.45, 2.75) is 26.8 Å². The fourth-order valence-electron chi connectivity index (χ4n) is 2.36. The predicted molar refractivity (Wildman–Crippen MR) is 80.3 cm³/mol. The highest BCUT2D eigenvalue weighted by molar-refractivity contribution is 5.25. The van der Waals surface area contributed by atoms with Gasteiger partial charge in [-0.15, -0.1) is 0 Å². The minimum Gasteiger partial charge on any atom is -0.383 e. The van der Waals surface area contributed by atoms with E-state index in [9.17, 15) is 0 Å². The number of methoxy groups -OCH3 is 1. The molecule has 116 valence electrons. The molecule has 1 N–H and O–H groups in total. The third-order valence-electron chi connectivity index (χ3n) is 3.66. The van der Waals surface area contributed by atoms with E-state index in [-0.39, 0.29) is 0 Å². The maximum atomic E-state index is 5.02. The molecule has 0 saturated carbocycles. The van der Waals surface area contributed by atoms with E-state index in [1.807, 2.05) is 11.7 Å². The molecule has 0 aromatic carbocycles. The Morgan fingerprint density at radius 2 is 2.10 bits per heavy atom. The second-order valence-electron chi connectivity index (χ2n) is 5.10. The van der Waals surface area contributed by atoms with E-state index < -0.39 is 0 Å². The van der Waals surface area contributed by atoms with Crippen LogP contribution < -0.4 is 5.32 Å². The van der Waals surface area contributed by atoms with Crippen LogP contribution in [0.15, 0.2) is 6.33 Å². The molecule has 0 fully saturated rings. The van der Waals surface area contributed by atoms with E-state index in [4.69, 9.17) is 4.74 Å². The van der Waals surface area contributed by atoms with Crippen LogP contribution >= 0.6 is 0 Å². The molecule has 0 aliphatic carbocycles. The van der Waals surface area contributed by atoms with E-state index in [1.165, 1.54) is 11.3 Å². The van der Waals surface area contributed by atoms with Gasteiger partial charge in [-0.25, -0.2) is 4.98 Å². The first-order valence-electron chi connectivity index (χ1n) is 7.19. The molecule has 0 radical (unpaired) electrons. The molecule has 7 nitrogen and oxygen atoms in total. The standard InChI is InChI=1S/C14H24N6O/c1-11-13(5-6-15-7-8-21-4)12(2)20(18-11)9-14-16-10-17-19(14)3/h10,15H,5-9H2,1-4H3. The van der Waals surface area contributed by atoms with Crippen molar-refractivity contribution in [1.29, 1.82) is 0 Å². The van der Waals surface area contributed by atoms with Crippen LogP contribution in [0.5, 0.6) is 0 Å². The van der Waals surface area contributed by atoms with E-state index in [2.05, 4.69) is 34.3 Å². The highest BCUT2D eigenvalue weighted by Gasteiger charge is 2.12. The number of ether oxygens (including phenoxy) is 1. The Hall–Kier alpha value is -1.73. The summed E-state index contributed by atoms with van der Waals surface area (Å²) in [6, 6.07) is 0. The summed E-state index contributed by atoms with van der Waals surface area (Å²) in [5, 5.41) is 12.1. The third kappa shape index (κ3) is 3.89. The molecule has 0 bridgehead atoms. The fourth-order valence-corrected chi connectivity index (χ4v) is 2.36. The molecule has 0 aliphatic rings. The zero-order chi connectivity index (χ0) is 15.2. The molecule has 2 aromatic heterocycles. The van der Waals surface area contributed by atoms with Crippen molar-refractivity contribution >= 4 is 0 Å². The van der Waals surface area contributed by atoms with Crippen molar-refractivity contribution in [2.75, 3.05) is 26.8 Å². The first-order chi connectivity index (χ1) is 10.1. The van der Waals surface area contributed by atoms with Crippen LogP contribution in [-0.4, -0.2) is 51.4 Å². The SMILES string of the molecule is COCCNCCc1c(C)nn(Cc2ncnn2C)c1C. The second-order valence-corrected chi connectivity index (χ2v) is 5.10. The zero-order valence-electron chi connectivity index (χ0n) is 13.3. The van der Waals surface area contributed by atoms with Gasteiger partial charge in [-0.05, 0) is 32.4 Å². The molecular weight excluding hydrogens is 268 g/mol. The number of nitrogens with one attached hydrogen (secondary N) is 1. The average molecular weight is 292 g/mol. The van der Waals surface area contributed by atoms with Crippen molar-refractivity contribution in [3.8, 4) is 0 Å². The summed E-state index contributed by atoms with van der Waals surface area (Å²) >= 11 is 0. The maximum absolute atomic E-state index is 5.02. The summed E-state index contributed by atoms with van der Waals surface area (Å²) in [5.74, 6) is 0.908. The van der Waals surface area contributed by atoms with Gasteiger partial charge in [-0.2, -0.15) is 10.2 Å². The van der Waals surface area contributed by atoms with Crippen molar-refractivity contribution < 1.29 is 4.74 Å². The fraction of sp³-hybridized carbons (Fsp3) is 0.643. The van der Waals surface area contributed by atoms with E-state index in [1.54, 1.807) is 18.1 Å². The number of rotatable bonds is 8. The van der Waals surface area contributed by atoms with E-state index >= 15 is 0 Å². The van der Waals surface area contributed by atoms with Gasteiger partial charge in [0.1, 0.15) is 18.7 Å². The van der Waals surface area contributed by atoms with Crippen LogP contribution in [0.25, 0.3) is 0 Å². The Morgan fingerprint density at radius 3 is 2.76 bits per heavy atom. The number of nitrogens with zero attached hydrogens (tertiary/aromatic N) is 5. The second kappa shape index (κ2) is 7.33. The van der Waals surface area contributed by atoms with Crippen molar-refractivity contribution in [1.82, 2.24) is 29.9 Å². The molecule has 7 heteroatoms. The first kappa shape index (κ1) is 15.7. The molecule has 0 saturated heterocycles. The van der Waals surface area contributed by atoms with E-state index in [0.717, 1.165) is 37.6 Å². The van der Waals surface area contributed by atoms with Gasteiger partial charge in [-0.3, -0.25) is 9.36 Å².